The summed E-state index contributed by atoms with van der Waals surface area (Å²) < 4.78 is 2.04. The number of nitrogen functional groups attached to an aromatic ring is 1. The quantitative estimate of drug-likeness (QED) is 0.537. The summed E-state index contributed by atoms with van der Waals surface area (Å²) in [7, 11) is 0. The van der Waals surface area contributed by atoms with E-state index in [9.17, 15) is 0 Å². The molecule has 0 saturated heterocycles. The topological polar surface area (TPSA) is 43.8 Å². The summed E-state index contributed by atoms with van der Waals surface area (Å²) in [6.07, 6.45) is 2.78. The van der Waals surface area contributed by atoms with Crippen LogP contribution in [-0.4, -0.2) is 9.55 Å². The first-order valence-corrected chi connectivity index (χ1v) is 6.34. The van der Waals surface area contributed by atoms with Crippen LogP contribution in [0, 0.1) is 0 Å². The Kier molecular flexibility index (Phi) is 2.99. The van der Waals surface area contributed by atoms with Gasteiger partial charge in [-0.05, 0) is 17.2 Å². The van der Waals surface area contributed by atoms with Gasteiger partial charge in [0.2, 0.25) is 5.95 Å². The highest BCUT2D eigenvalue weighted by Gasteiger charge is 2.20. The summed E-state index contributed by atoms with van der Waals surface area (Å²) in [5, 5.41) is 0. The number of aromatic nitrogens is 2. The van der Waals surface area contributed by atoms with Crippen molar-refractivity contribution in [3.8, 4) is 16.9 Å². The van der Waals surface area contributed by atoms with Gasteiger partial charge < -0.3 is 5.73 Å². The molecule has 3 nitrogen and oxygen atoms in total. The molecule has 0 fully saturated rings. The lowest BCUT2D eigenvalue weighted by atomic mass is 9.99. The molecule has 2 heterocycles. The summed E-state index contributed by atoms with van der Waals surface area (Å²) in [6, 6.07) is 16.8. The lowest BCUT2D eigenvalue weighted by molar-refractivity contribution is 1.06. The minimum Gasteiger partial charge on any atom is -0.369 e. The summed E-state index contributed by atoms with van der Waals surface area (Å²) in [5.41, 5.74) is 12.1. The number of hydrogen-bond donors (Lipinski definition) is 1. The molecule has 2 aromatic carbocycles. The van der Waals surface area contributed by atoms with Crippen LogP contribution in [-0.2, 0) is 6.42 Å². The average Bonchev–Trinajstić information content (AvgIpc) is 2.75. The van der Waals surface area contributed by atoms with Crippen molar-refractivity contribution in [3.05, 3.63) is 65.9 Å². The Hall–Kier alpha value is -2.26. The fourth-order valence-electron chi connectivity index (χ4n) is 2.82. The zero-order valence-corrected chi connectivity index (χ0v) is 11.6. The van der Waals surface area contributed by atoms with Crippen LogP contribution in [0.2, 0.25) is 0 Å². The van der Waals surface area contributed by atoms with Gasteiger partial charge in [0, 0.05) is 12.0 Å². The van der Waals surface area contributed by atoms with Crippen LogP contribution in [0.5, 0.6) is 0 Å². The molecule has 3 aromatic rings. The lowest BCUT2D eigenvalue weighted by Crippen LogP contribution is -2.03. The molecule has 0 amide bonds. The number of hydrogen-bond acceptors (Lipinski definition) is 2. The third kappa shape index (κ3) is 1.71. The summed E-state index contributed by atoms with van der Waals surface area (Å²) in [5.74, 6) is 0.541. The fraction of sp³-hybridized carbons (Fsp3) is 0.0625. The molecular formula is C16H14ClN3. The van der Waals surface area contributed by atoms with Gasteiger partial charge >= 0.3 is 0 Å². The smallest absolute Gasteiger partial charge is 0.205 e. The third-order valence-corrected chi connectivity index (χ3v) is 3.70. The Morgan fingerprint density at radius 3 is 2.50 bits per heavy atom. The fourth-order valence-corrected chi connectivity index (χ4v) is 2.82. The van der Waals surface area contributed by atoms with Gasteiger partial charge in [0.15, 0.2) is 0 Å². The molecule has 100 valence electrons. The predicted molar refractivity (Wildman–Crippen MR) is 83.5 cm³/mol. The predicted octanol–water partition coefficient (Wildman–Crippen LogP) is 3.45. The molecule has 0 aliphatic carbocycles. The van der Waals surface area contributed by atoms with E-state index in [-0.39, 0.29) is 12.4 Å². The Morgan fingerprint density at radius 2 is 1.65 bits per heavy atom. The van der Waals surface area contributed by atoms with Gasteiger partial charge in [0.25, 0.3) is 0 Å². The van der Waals surface area contributed by atoms with E-state index in [4.69, 9.17) is 5.73 Å². The summed E-state index contributed by atoms with van der Waals surface area (Å²) in [6.45, 7) is 0. The SMILES string of the molecule is Cl.Nc1ncc2n1-c1ccccc1Cc1ccccc1-2. The first-order chi connectivity index (χ1) is 9.34. The van der Waals surface area contributed by atoms with E-state index in [1.807, 2.05) is 16.8 Å². The standard InChI is InChI=1S/C16H13N3.ClH/c17-16-18-10-15-13-7-3-1-5-11(13)9-12-6-2-4-8-14(12)19(15)16;/h1-8,10H,9H2,(H2,17,18);1H. The van der Waals surface area contributed by atoms with E-state index in [0.717, 1.165) is 17.8 Å². The third-order valence-electron chi connectivity index (χ3n) is 3.70. The van der Waals surface area contributed by atoms with E-state index in [2.05, 4.69) is 47.4 Å². The molecule has 0 spiro atoms. The van der Waals surface area contributed by atoms with Crippen LogP contribution >= 0.6 is 12.4 Å². The number of para-hydroxylation sites is 1. The van der Waals surface area contributed by atoms with Crippen LogP contribution in [0.1, 0.15) is 11.1 Å². The molecule has 2 N–H and O–H groups in total. The second-order valence-corrected chi connectivity index (χ2v) is 4.80. The summed E-state index contributed by atoms with van der Waals surface area (Å²) >= 11 is 0. The molecule has 0 bridgehead atoms. The molecular weight excluding hydrogens is 270 g/mol. The first kappa shape index (κ1) is 12.8. The number of benzene rings is 2. The number of halogens is 1. The summed E-state index contributed by atoms with van der Waals surface area (Å²) in [4.78, 5) is 4.28. The second-order valence-electron chi connectivity index (χ2n) is 4.80. The lowest BCUT2D eigenvalue weighted by Gasteiger charge is -2.10. The van der Waals surface area contributed by atoms with Crippen LogP contribution in [0.4, 0.5) is 5.95 Å². The molecule has 20 heavy (non-hydrogen) atoms. The molecule has 4 heteroatoms. The Balaban J connectivity index is 0.00000121. The number of anilines is 1. The molecule has 0 atom stereocenters. The van der Waals surface area contributed by atoms with Gasteiger partial charge in [-0.3, -0.25) is 4.57 Å². The van der Waals surface area contributed by atoms with E-state index < -0.39 is 0 Å². The van der Waals surface area contributed by atoms with Crippen molar-refractivity contribution in [1.29, 1.82) is 0 Å². The minimum atomic E-state index is 0. The zero-order valence-electron chi connectivity index (χ0n) is 10.8. The monoisotopic (exact) mass is 283 g/mol. The normalized spacial score (nSPS) is 11.6. The van der Waals surface area contributed by atoms with Gasteiger partial charge in [-0.1, -0.05) is 42.5 Å². The van der Waals surface area contributed by atoms with Crippen molar-refractivity contribution in [3.63, 3.8) is 0 Å². The van der Waals surface area contributed by atoms with Crippen LogP contribution in [0.25, 0.3) is 16.9 Å². The number of rotatable bonds is 0. The van der Waals surface area contributed by atoms with E-state index >= 15 is 0 Å². The van der Waals surface area contributed by atoms with Crippen molar-refractivity contribution >= 4 is 18.4 Å². The maximum absolute atomic E-state index is 6.05. The van der Waals surface area contributed by atoms with Gasteiger partial charge in [0.1, 0.15) is 0 Å². The number of fused-ring (bicyclic) bond motifs is 5. The molecule has 1 aromatic heterocycles. The number of nitrogens with zero attached hydrogens (tertiary/aromatic N) is 2. The number of imidazole rings is 1. The maximum atomic E-state index is 6.05. The van der Waals surface area contributed by atoms with Crippen LogP contribution in [0.15, 0.2) is 54.7 Å². The first-order valence-electron chi connectivity index (χ1n) is 6.34. The molecule has 1 aliphatic rings. The highest BCUT2D eigenvalue weighted by Crippen LogP contribution is 2.35. The van der Waals surface area contributed by atoms with Crippen molar-refractivity contribution in [1.82, 2.24) is 9.55 Å². The van der Waals surface area contributed by atoms with Crippen LogP contribution in [0.3, 0.4) is 0 Å². The van der Waals surface area contributed by atoms with Crippen molar-refractivity contribution in [2.75, 3.05) is 5.73 Å². The van der Waals surface area contributed by atoms with Gasteiger partial charge in [-0.15, -0.1) is 12.4 Å². The second kappa shape index (κ2) is 4.69. The van der Waals surface area contributed by atoms with E-state index in [0.29, 0.717) is 5.95 Å². The molecule has 1 aliphatic heterocycles. The van der Waals surface area contributed by atoms with Crippen LogP contribution < -0.4 is 5.73 Å². The maximum Gasteiger partial charge on any atom is 0.205 e. The number of nitrogens with two attached hydrogens (primary N) is 1. The van der Waals surface area contributed by atoms with Gasteiger partial charge in [-0.25, -0.2) is 4.98 Å². The Bertz CT molecular complexity index is 777. The van der Waals surface area contributed by atoms with Gasteiger partial charge in [0.05, 0.1) is 17.6 Å². The van der Waals surface area contributed by atoms with E-state index in [1.165, 1.54) is 16.7 Å². The molecule has 0 saturated carbocycles. The molecule has 0 unspecified atom stereocenters. The molecule has 4 rings (SSSR count). The average molecular weight is 284 g/mol. The van der Waals surface area contributed by atoms with Crippen molar-refractivity contribution in [2.24, 2.45) is 0 Å². The highest BCUT2D eigenvalue weighted by molar-refractivity contribution is 5.85. The molecule has 0 radical (unpaired) electrons. The van der Waals surface area contributed by atoms with Crippen molar-refractivity contribution in [2.45, 2.75) is 6.42 Å². The minimum absolute atomic E-state index is 0. The Morgan fingerprint density at radius 1 is 0.950 bits per heavy atom. The van der Waals surface area contributed by atoms with Gasteiger partial charge in [-0.2, -0.15) is 0 Å². The largest absolute Gasteiger partial charge is 0.369 e. The Labute approximate surface area is 123 Å². The highest BCUT2D eigenvalue weighted by atomic mass is 35.5. The van der Waals surface area contributed by atoms with Crippen molar-refractivity contribution < 1.29 is 0 Å². The zero-order chi connectivity index (χ0) is 12.8. The van der Waals surface area contributed by atoms with E-state index in [1.54, 1.807) is 0 Å².